The molecule has 0 aromatic rings. The van der Waals surface area contributed by atoms with E-state index in [-0.39, 0.29) is 23.8 Å². The SMILES string of the molecule is CNC(=O)C1(C)CCN(C(=O)C2CCCC2N)C1. The van der Waals surface area contributed by atoms with Gasteiger partial charge in [0.1, 0.15) is 0 Å². The summed E-state index contributed by atoms with van der Waals surface area (Å²) in [5.74, 6) is 0.137. The van der Waals surface area contributed by atoms with Crippen LogP contribution < -0.4 is 11.1 Å². The molecule has 5 nitrogen and oxygen atoms in total. The van der Waals surface area contributed by atoms with Gasteiger partial charge in [-0.3, -0.25) is 9.59 Å². The monoisotopic (exact) mass is 253 g/mol. The second kappa shape index (κ2) is 4.88. The van der Waals surface area contributed by atoms with Gasteiger partial charge in [0.05, 0.1) is 11.3 Å². The Bertz CT molecular complexity index is 358. The number of nitrogens with one attached hydrogen (secondary N) is 1. The number of nitrogens with two attached hydrogens (primary N) is 1. The molecule has 3 N–H and O–H groups in total. The molecule has 2 aliphatic rings. The molecule has 1 saturated carbocycles. The third kappa shape index (κ3) is 2.23. The fourth-order valence-electron chi connectivity index (χ4n) is 3.17. The number of likely N-dealkylation sites (tertiary alicyclic amines) is 1. The van der Waals surface area contributed by atoms with E-state index in [1.807, 2.05) is 11.8 Å². The molecule has 3 atom stereocenters. The van der Waals surface area contributed by atoms with Crippen LogP contribution in [0.15, 0.2) is 0 Å². The van der Waals surface area contributed by atoms with Gasteiger partial charge in [-0.25, -0.2) is 0 Å². The lowest BCUT2D eigenvalue weighted by Crippen LogP contribution is -2.44. The molecule has 3 unspecified atom stereocenters. The zero-order valence-electron chi connectivity index (χ0n) is 11.2. The molecule has 2 amide bonds. The molecular weight excluding hydrogens is 230 g/mol. The molecule has 0 aromatic carbocycles. The minimum Gasteiger partial charge on any atom is -0.359 e. The molecule has 102 valence electrons. The van der Waals surface area contributed by atoms with Gasteiger partial charge in [0, 0.05) is 26.2 Å². The first-order chi connectivity index (χ1) is 8.48. The molecular formula is C13H23N3O2. The van der Waals surface area contributed by atoms with Crippen molar-refractivity contribution in [3.05, 3.63) is 0 Å². The second-order valence-corrected chi connectivity index (χ2v) is 5.85. The summed E-state index contributed by atoms with van der Waals surface area (Å²) in [6.07, 6.45) is 3.61. The molecule has 1 heterocycles. The third-order valence-corrected chi connectivity index (χ3v) is 4.45. The highest BCUT2D eigenvalue weighted by Crippen LogP contribution is 2.33. The van der Waals surface area contributed by atoms with E-state index in [2.05, 4.69) is 5.32 Å². The van der Waals surface area contributed by atoms with Gasteiger partial charge in [-0.05, 0) is 26.2 Å². The van der Waals surface area contributed by atoms with Crippen LogP contribution in [0.4, 0.5) is 0 Å². The van der Waals surface area contributed by atoms with Gasteiger partial charge >= 0.3 is 0 Å². The lowest BCUT2D eigenvalue weighted by molar-refractivity contribution is -0.136. The molecule has 5 heteroatoms. The summed E-state index contributed by atoms with van der Waals surface area (Å²) in [5, 5.41) is 2.68. The molecule has 0 radical (unpaired) electrons. The highest BCUT2D eigenvalue weighted by Gasteiger charge is 2.44. The van der Waals surface area contributed by atoms with Crippen molar-refractivity contribution in [1.29, 1.82) is 0 Å². The van der Waals surface area contributed by atoms with Gasteiger partial charge in [0.2, 0.25) is 11.8 Å². The van der Waals surface area contributed by atoms with Crippen molar-refractivity contribution < 1.29 is 9.59 Å². The van der Waals surface area contributed by atoms with Crippen LogP contribution in [0.1, 0.15) is 32.6 Å². The summed E-state index contributed by atoms with van der Waals surface area (Å²) in [7, 11) is 1.64. The summed E-state index contributed by atoms with van der Waals surface area (Å²) < 4.78 is 0. The van der Waals surface area contributed by atoms with Gasteiger partial charge in [-0.2, -0.15) is 0 Å². The summed E-state index contributed by atoms with van der Waals surface area (Å²) >= 11 is 0. The zero-order valence-corrected chi connectivity index (χ0v) is 11.2. The average Bonchev–Trinajstić information content (AvgIpc) is 2.95. The number of hydrogen-bond donors (Lipinski definition) is 2. The van der Waals surface area contributed by atoms with Gasteiger partial charge in [-0.1, -0.05) is 6.42 Å². The van der Waals surface area contributed by atoms with Crippen LogP contribution in [0.5, 0.6) is 0 Å². The Morgan fingerprint density at radius 2 is 2.11 bits per heavy atom. The summed E-state index contributed by atoms with van der Waals surface area (Å²) in [5.41, 5.74) is 5.54. The summed E-state index contributed by atoms with van der Waals surface area (Å²) in [6, 6.07) is 0.00403. The molecule has 0 bridgehead atoms. The Balaban J connectivity index is 2.00. The lowest BCUT2D eigenvalue weighted by Gasteiger charge is -2.25. The van der Waals surface area contributed by atoms with Gasteiger partial charge in [0.15, 0.2) is 0 Å². The Morgan fingerprint density at radius 3 is 2.67 bits per heavy atom. The topological polar surface area (TPSA) is 75.4 Å². The van der Waals surface area contributed by atoms with Crippen LogP contribution in [0.25, 0.3) is 0 Å². The van der Waals surface area contributed by atoms with E-state index < -0.39 is 5.41 Å². The van der Waals surface area contributed by atoms with Crippen LogP contribution in [0.2, 0.25) is 0 Å². The molecule has 0 spiro atoms. The first kappa shape index (κ1) is 13.3. The molecule has 18 heavy (non-hydrogen) atoms. The number of carbonyl (C=O) groups is 2. The van der Waals surface area contributed by atoms with Crippen LogP contribution in [0.3, 0.4) is 0 Å². The Hall–Kier alpha value is -1.10. The van der Waals surface area contributed by atoms with Crippen molar-refractivity contribution in [3.8, 4) is 0 Å². The van der Waals surface area contributed by atoms with E-state index >= 15 is 0 Å². The molecule has 1 aliphatic heterocycles. The van der Waals surface area contributed by atoms with E-state index in [0.717, 1.165) is 25.7 Å². The van der Waals surface area contributed by atoms with Crippen LogP contribution in [0, 0.1) is 11.3 Å². The smallest absolute Gasteiger partial charge is 0.227 e. The maximum absolute atomic E-state index is 12.4. The van der Waals surface area contributed by atoms with E-state index in [1.54, 1.807) is 7.05 Å². The predicted molar refractivity (Wildman–Crippen MR) is 68.7 cm³/mol. The molecule has 1 aliphatic carbocycles. The van der Waals surface area contributed by atoms with E-state index in [0.29, 0.717) is 13.1 Å². The van der Waals surface area contributed by atoms with Crippen LogP contribution in [-0.4, -0.2) is 42.9 Å². The fraction of sp³-hybridized carbons (Fsp3) is 0.846. The molecule has 2 rings (SSSR count). The largest absolute Gasteiger partial charge is 0.359 e. The van der Waals surface area contributed by atoms with Crippen molar-refractivity contribution in [2.45, 2.75) is 38.6 Å². The highest BCUT2D eigenvalue weighted by molar-refractivity contribution is 5.85. The number of carbonyl (C=O) groups excluding carboxylic acids is 2. The lowest BCUT2D eigenvalue weighted by atomic mass is 9.89. The Labute approximate surface area is 108 Å². The van der Waals surface area contributed by atoms with Crippen molar-refractivity contribution in [3.63, 3.8) is 0 Å². The number of hydrogen-bond acceptors (Lipinski definition) is 3. The van der Waals surface area contributed by atoms with Gasteiger partial charge in [-0.15, -0.1) is 0 Å². The van der Waals surface area contributed by atoms with Gasteiger partial charge < -0.3 is 16.0 Å². The fourth-order valence-corrected chi connectivity index (χ4v) is 3.17. The maximum Gasteiger partial charge on any atom is 0.227 e. The van der Waals surface area contributed by atoms with Crippen molar-refractivity contribution >= 4 is 11.8 Å². The van der Waals surface area contributed by atoms with Crippen molar-refractivity contribution in [2.75, 3.05) is 20.1 Å². The highest BCUT2D eigenvalue weighted by atomic mass is 16.2. The predicted octanol–water partition coefficient (Wildman–Crippen LogP) is 0.0984. The van der Waals surface area contributed by atoms with E-state index in [4.69, 9.17) is 5.73 Å². The Morgan fingerprint density at radius 1 is 1.39 bits per heavy atom. The average molecular weight is 253 g/mol. The van der Waals surface area contributed by atoms with Crippen molar-refractivity contribution in [1.82, 2.24) is 10.2 Å². The minimum atomic E-state index is -0.437. The van der Waals surface area contributed by atoms with Crippen molar-refractivity contribution in [2.24, 2.45) is 17.1 Å². The van der Waals surface area contributed by atoms with Gasteiger partial charge in [0.25, 0.3) is 0 Å². The van der Waals surface area contributed by atoms with E-state index in [1.165, 1.54) is 0 Å². The molecule has 1 saturated heterocycles. The summed E-state index contributed by atoms with van der Waals surface area (Å²) in [4.78, 5) is 26.0. The number of amides is 2. The third-order valence-electron chi connectivity index (χ3n) is 4.45. The normalized spacial score (nSPS) is 35.8. The number of rotatable bonds is 2. The first-order valence-corrected chi connectivity index (χ1v) is 6.74. The molecule has 0 aromatic heterocycles. The van der Waals surface area contributed by atoms with Crippen LogP contribution in [-0.2, 0) is 9.59 Å². The second-order valence-electron chi connectivity index (χ2n) is 5.85. The zero-order chi connectivity index (χ0) is 13.3. The Kier molecular flexibility index (Phi) is 3.61. The van der Waals surface area contributed by atoms with E-state index in [9.17, 15) is 9.59 Å². The molecule has 2 fully saturated rings. The quantitative estimate of drug-likeness (QED) is 0.733. The maximum atomic E-state index is 12.4. The standard InChI is InChI=1S/C13H23N3O2/c1-13(12(18)15-2)6-7-16(8-13)11(17)9-4-3-5-10(9)14/h9-10H,3-8,14H2,1-2H3,(H,15,18). The first-order valence-electron chi connectivity index (χ1n) is 6.74. The summed E-state index contributed by atoms with van der Waals surface area (Å²) in [6.45, 7) is 3.12. The minimum absolute atomic E-state index is 0.00403. The van der Waals surface area contributed by atoms with Crippen LogP contribution >= 0.6 is 0 Å². The number of nitrogens with zero attached hydrogens (tertiary/aromatic N) is 1.